The molecule has 2 amide bonds. The molecule has 0 unspecified atom stereocenters. The number of nitrogens with one attached hydrogen (secondary N) is 1. The zero-order valence-corrected chi connectivity index (χ0v) is 20.0. The smallest absolute Gasteiger partial charge is 0.270 e. The monoisotopic (exact) mass is 515 g/mol. The van der Waals surface area contributed by atoms with Gasteiger partial charge in [0.15, 0.2) is 5.11 Å². The number of aryl methyl sites for hydroxylation is 1. The molecule has 0 radical (unpaired) electrons. The number of carbonyl (C=O) groups excluding carboxylic acids is 2. The lowest BCUT2D eigenvalue weighted by molar-refractivity contribution is -0.122. The number of nitrogens with zero attached hydrogens (tertiary/aromatic N) is 2. The van der Waals surface area contributed by atoms with Gasteiger partial charge in [-0.05, 0) is 84.0 Å². The number of halogens is 1. The molecule has 1 saturated heterocycles. The highest BCUT2D eigenvalue weighted by molar-refractivity contribution is 9.10. The molecule has 0 atom stereocenters. The van der Waals surface area contributed by atoms with Crippen LogP contribution in [0.2, 0.25) is 0 Å². The van der Waals surface area contributed by atoms with Gasteiger partial charge in [-0.1, -0.05) is 46.3 Å². The third kappa shape index (κ3) is 3.90. The van der Waals surface area contributed by atoms with Crippen molar-refractivity contribution in [1.29, 1.82) is 0 Å². The molecule has 162 valence electrons. The lowest BCUT2D eigenvalue weighted by Crippen LogP contribution is -2.54. The molecule has 3 aromatic carbocycles. The summed E-state index contributed by atoms with van der Waals surface area (Å²) in [5, 5.41) is 4.97. The Morgan fingerprint density at radius 2 is 1.73 bits per heavy atom. The van der Waals surface area contributed by atoms with E-state index < -0.39 is 11.8 Å². The molecule has 5 rings (SSSR count). The molecule has 7 heteroatoms. The molecule has 1 aliphatic rings. The SMILES string of the molecule is Cc1cc(Br)ccc1N1C(=O)/C(=C/c2cccn2-c2ccc3ccccc3c2)C(=O)NC1=S. The van der Waals surface area contributed by atoms with Crippen molar-refractivity contribution < 1.29 is 9.59 Å². The van der Waals surface area contributed by atoms with Crippen LogP contribution in [-0.2, 0) is 9.59 Å². The highest BCUT2D eigenvalue weighted by atomic mass is 79.9. The average Bonchev–Trinajstić information content (AvgIpc) is 3.26. The predicted molar refractivity (Wildman–Crippen MR) is 138 cm³/mol. The van der Waals surface area contributed by atoms with Crippen LogP contribution in [0.1, 0.15) is 11.3 Å². The number of fused-ring (bicyclic) bond motifs is 1. The predicted octanol–water partition coefficient (Wildman–Crippen LogP) is 5.53. The summed E-state index contributed by atoms with van der Waals surface area (Å²) in [6.07, 6.45) is 3.51. The quantitative estimate of drug-likeness (QED) is 0.221. The molecule has 0 bridgehead atoms. The van der Waals surface area contributed by atoms with Crippen molar-refractivity contribution in [1.82, 2.24) is 9.88 Å². The Morgan fingerprint density at radius 1 is 0.939 bits per heavy atom. The number of benzene rings is 3. The number of aromatic nitrogens is 1. The van der Waals surface area contributed by atoms with Crippen molar-refractivity contribution >= 4 is 67.6 Å². The Labute approximate surface area is 204 Å². The van der Waals surface area contributed by atoms with E-state index in [0.29, 0.717) is 11.4 Å². The van der Waals surface area contributed by atoms with Gasteiger partial charge in [0, 0.05) is 22.1 Å². The molecule has 5 nitrogen and oxygen atoms in total. The molecule has 1 N–H and O–H groups in total. The van der Waals surface area contributed by atoms with Crippen molar-refractivity contribution in [2.45, 2.75) is 6.92 Å². The van der Waals surface area contributed by atoms with Gasteiger partial charge < -0.3 is 4.57 Å². The van der Waals surface area contributed by atoms with Gasteiger partial charge in [-0.2, -0.15) is 0 Å². The first kappa shape index (κ1) is 21.3. The van der Waals surface area contributed by atoms with Gasteiger partial charge in [-0.3, -0.25) is 19.8 Å². The Balaban J connectivity index is 1.56. The molecule has 4 aromatic rings. The third-order valence-corrected chi connectivity index (χ3v) is 6.36. The first-order valence-corrected chi connectivity index (χ1v) is 11.5. The highest BCUT2D eigenvalue weighted by Crippen LogP contribution is 2.28. The van der Waals surface area contributed by atoms with Crippen molar-refractivity contribution in [3.8, 4) is 5.69 Å². The number of rotatable bonds is 3. The number of hydrogen-bond donors (Lipinski definition) is 1. The van der Waals surface area contributed by atoms with Crippen molar-refractivity contribution in [3.05, 3.63) is 100 Å². The fraction of sp³-hybridized carbons (Fsp3) is 0.0385. The summed E-state index contributed by atoms with van der Waals surface area (Å²) in [6, 6.07) is 23.5. The second-order valence-electron chi connectivity index (χ2n) is 7.72. The van der Waals surface area contributed by atoms with E-state index in [9.17, 15) is 9.59 Å². The molecule has 2 heterocycles. The topological polar surface area (TPSA) is 54.3 Å². The first-order chi connectivity index (χ1) is 15.9. The number of carbonyl (C=O) groups is 2. The van der Waals surface area contributed by atoms with E-state index in [0.717, 1.165) is 26.5 Å². The second kappa shape index (κ2) is 8.42. The fourth-order valence-electron chi connectivity index (χ4n) is 3.97. The van der Waals surface area contributed by atoms with E-state index in [1.54, 1.807) is 12.1 Å². The Morgan fingerprint density at radius 3 is 2.52 bits per heavy atom. The third-order valence-electron chi connectivity index (χ3n) is 5.59. The zero-order valence-electron chi connectivity index (χ0n) is 17.6. The van der Waals surface area contributed by atoms with Crippen LogP contribution >= 0.6 is 28.1 Å². The Kier molecular flexibility index (Phi) is 5.44. The molecular weight excluding hydrogens is 498 g/mol. The Bertz CT molecular complexity index is 1490. The van der Waals surface area contributed by atoms with Gasteiger partial charge in [-0.15, -0.1) is 0 Å². The van der Waals surface area contributed by atoms with Crippen molar-refractivity contribution in [2.24, 2.45) is 0 Å². The first-order valence-electron chi connectivity index (χ1n) is 10.3. The van der Waals surface area contributed by atoms with Gasteiger partial charge in [0.2, 0.25) is 0 Å². The maximum Gasteiger partial charge on any atom is 0.270 e. The fourth-order valence-corrected chi connectivity index (χ4v) is 4.72. The summed E-state index contributed by atoms with van der Waals surface area (Å²) >= 11 is 8.77. The van der Waals surface area contributed by atoms with Crippen LogP contribution in [-0.4, -0.2) is 21.5 Å². The van der Waals surface area contributed by atoms with Crippen molar-refractivity contribution in [3.63, 3.8) is 0 Å². The maximum absolute atomic E-state index is 13.4. The second-order valence-corrected chi connectivity index (χ2v) is 9.03. The Hall–Kier alpha value is -3.55. The summed E-state index contributed by atoms with van der Waals surface area (Å²) < 4.78 is 2.84. The lowest BCUT2D eigenvalue weighted by Gasteiger charge is -2.30. The van der Waals surface area contributed by atoms with Crippen LogP contribution in [0.4, 0.5) is 5.69 Å². The van der Waals surface area contributed by atoms with Crippen LogP contribution in [0.3, 0.4) is 0 Å². The van der Waals surface area contributed by atoms with Crippen molar-refractivity contribution in [2.75, 3.05) is 4.90 Å². The summed E-state index contributed by atoms with van der Waals surface area (Å²) in [4.78, 5) is 27.5. The van der Waals surface area contributed by atoms with E-state index in [-0.39, 0.29) is 10.7 Å². The largest absolute Gasteiger partial charge is 0.317 e. The van der Waals surface area contributed by atoms with Crippen LogP contribution in [0.15, 0.2) is 89.0 Å². The molecule has 33 heavy (non-hydrogen) atoms. The number of amides is 2. The van der Waals surface area contributed by atoms with Crippen LogP contribution < -0.4 is 10.2 Å². The number of hydrogen-bond acceptors (Lipinski definition) is 3. The van der Waals surface area contributed by atoms with Gasteiger partial charge in [0.05, 0.1) is 5.69 Å². The summed E-state index contributed by atoms with van der Waals surface area (Å²) in [6.45, 7) is 1.89. The van der Waals surface area contributed by atoms with Gasteiger partial charge in [-0.25, -0.2) is 0 Å². The van der Waals surface area contributed by atoms with E-state index in [1.807, 2.05) is 60.2 Å². The van der Waals surface area contributed by atoms with Gasteiger partial charge in [0.1, 0.15) is 5.57 Å². The van der Waals surface area contributed by atoms with E-state index in [2.05, 4.69) is 45.5 Å². The summed E-state index contributed by atoms with van der Waals surface area (Å²) in [5.74, 6) is -0.970. The van der Waals surface area contributed by atoms with Crippen LogP contribution in [0.25, 0.3) is 22.5 Å². The summed E-state index contributed by atoms with van der Waals surface area (Å²) in [7, 11) is 0. The van der Waals surface area contributed by atoms with Gasteiger partial charge >= 0.3 is 0 Å². The maximum atomic E-state index is 13.4. The van der Waals surface area contributed by atoms with Gasteiger partial charge in [0.25, 0.3) is 11.8 Å². The van der Waals surface area contributed by atoms with E-state index in [1.165, 1.54) is 4.90 Å². The molecule has 1 aromatic heterocycles. The lowest BCUT2D eigenvalue weighted by atomic mass is 10.1. The minimum absolute atomic E-state index is 0.0201. The van der Waals surface area contributed by atoms with E-state index in [4.69, 9.17) is 12.2 Å². The molecular formula is C26H18BrN3O2S. The highest BCUT2D eigenvalue weighted by Gasteiger charge is 2.35. The zero-order chi connectivity index (χ0) is 23.1. The molecule has 0 spiro atoms. The van der Waals surface area contributed by atoms with E-state index >= 15 is 0 Å². The molecule has 0 aliphatic carbocycles. The molecule has 1 aliphatic heterocycles. The number of anilines is 1. The standard InChI is InChI=1S/C26H18BrN3O2S/c1-16-13-19(27)9-11-23(16)30-25(32)22(24(31)28-26(30)33)15-20-7-4-12-29(20)21-10-8-17-5-2-3-6-18(17)14-21/h2-15H,1H3,(H,28,31,33)/b22-15+. The molecule has 1 fully saturated rings. The minimum atomic E-state index is -0.512. The minimum Gasteiger partial charge on any atom is -0.317 e. The summed E-state index contributed by atoms with van der Waals surface area (Å²) in [5.41, 5.74) is 3.15. The average molecular weight is 516 g/mol. The van der Waals surface area contributed by atoms with Crippen LogP contribution in [0, 0.1) is 6.92 Å². The normalized spacial score (nSPS) is 15.4. The molecule has 0 saturated carbocycles. The van der Waals surface area contributed by atoms with Crippen LogP contribution in [0.5, 0.6) is 0 Å². The number of thiocarbonyl (C=S) groups is 1.